The summed E-state index contributed by atoms with van der Waals surface area (Å²) in [7, 11) is 0. The number of carbonyl (C=O) groups is 1. The van der Waals surface area contributed by atoms with E-state index in [1.54, 1.807) is 23.0 Å². The van der Waals surface area contributed by atoms with Gasteiger partial charge in [-0.1, -0.05) is 28.1 Å². The van der Waals surface area contributed by atoms with Crippen molar-refractivity contribution >= 4 is 39.2 Å². The summed E-state index contributed by atoms with van der Waals surface area (Å²) in [5, 5.41) is 17.8. The van der Waals surface area contributed by atoms with Crippen LogP contribution in [0.1, 0.15) is 10.4 Å². The van der Waals surface area contributed by atoms with Crippen molar-refractivity contribution in [3.63, 3.8) is 0 Å². The van der Waals surface area contributed by atoms with Crippen molar-refractivity contribution < 1.29 is 9.72 Å². The fourth-order valence-corrected chi connectivity index (χ4v) is 3.68. The molecule has 0 N–H and O–H groups in total. The van der Waals surface area contributed by atoms with E-state index in [2.05, 4.69) is 26.0 Å². The molecule has 0 radical (unpaired) electrons. The zero-order valence-electron chi connectivity index (χ0n) is 14.2. The smallest absolute Gasteiger partial charge is 0.269 e. The predicted octanol–water partition coefficient (Wildman–Crippen LogP) is 5.15. The van der Waals surface area contributed by atoms with Gasteiger partial charge in [0.05, 0.1) is 16.2 Å². The van der Waals surface area contributed by atoms with Gasteiger partial charge in [-0.3, -0.25) is 14.9 Å². The first-order valence-electron chi connectivity index (χ1n) is 8.06. The molecule has 0 aliphatic rings. The van der Waals surface area contributed by atoms with Crippen LogP contribution in [0.2, 0.25) is 0 Å². The zero-order valence-corrected chi connectivity index (χ0v) is 16.6. The molecular weight excluding hydrogens is 444 g/mol. The van der Waals surface area contributed by atoms with Crippen LogP contribution in [0, 0.1) is 10.1 Å². The third-order valence-corrected chi connectivity index (χ3v) is 5.41. The Morgan fingerprint density at radius 3 is 2.39 bits per heavy atom. The van der Waals surface area contributed by atoms with Crippen molar-refractivity contribution in [3.8, 4) is 27.6 Å². The number of thiazole rings is 1. The SMILES string of the molecule is O=Cc1cn(-c2nc(-c3ccc([N+](=O)[O-])cc3)cs2)nc1-c1ccc(Br)cc1. The second kappa shape index (κ2) is 7.45. The second-order valence-electron chi connectivity index (χ2n) is 5.82. The number of hydrogen-bond donors (Lipinski definition) is 0. The Morgan fingerprint density at radius 2 is 1.75 bits per heavy atom. The number of carbonyl (C=O) groups excluding carboxylic acids is 1. The molecule has 0 saturated heterocycles. The summed E-state index contributed by atoms with van der Waals surface area (Å²) in [6, 6.07) is 13.7. The van der Waals surface area contributed by atoms with Crippen LogP contribution in [-0.2, 0) is 0 Å². The lowest BCUT2D eigenvalue weighted by molar-refractivity contribution is -0.384. The first-order valence-corrected chi connectivity index (χ1v) is 9.74. The van der Waals surface area contributed by atoms with Crippen molar-refractivity contribution in [2.24, 2.45) is 0 Å². The Bertz CT molecular complexity index is 1170. The molecule has 0 aliphatic heterocycles. The summed E-state index contributed by atoms with van der Waals surface area (Å²) >= 11 is 4.76. The van der Waals surface area contributed by atoms with E-state index in [-0.39, 0.29) is 5.69 Å². The minimum Gasteiger partial charge on any atom is -0.298 e. The van der Waals surface area contributed by atoms with Crippen LogP contribution in [0.3, 0.4) is 0 Å². The zero-order chi connectivity index (χ0) is 19.7. The minimum atomic E-state index is -0.440. The lowest BCUT2D eigenvalue weighted by Gasteiger charge is -1.98. The molecule has 2 aromatic carbocycles. The Kier molecular flexibility index (Phi) is 4.84. The Balaban J connectivity index is 1.68. The third kappa shape index (κ3) is 3.49. The molecule has 0 bridgehead atoms. The van der Waals surface area contributed by atoms with E-state index in [0.717, 1.165) is 21.9 Å². The lowest BCUT2D eigenvalue weighted by atomic mass is 10.1. The highest BCUT2D eigenvalue weighted by Gasteiger charge is 2.15. The van der Waals surface area contributed by atoms with Crippen molar-refractivity contribution in [3.05, 3.63) is 80.3 Å². The van der Waals surface area contributed by atoms with E-state index in [1.807, 2.05) is 29.6 Å². The van der Waals surface area contributed by atoms with E-state index in [1.165, 1.54) is 23.5 Å². The van der Waals surface area contributed by atoms with Crippen LogP contribution in [0.25, 0.3) is 27.6 Å². The molecule has 0 aliphatic carbocycles. The molecule has 9 heteroatoms. The molecule has 0 amide bonds. The lowest BCUT2D eigenvalue weighted by Crippen LogP contribution is -1.94. The van der Waals surface area contributed by atoms with Crippen LogP contribution in [-0.4, -0.2) is 26.0 Å². The van der Waals surface area contributed by atoms with Crippen molar-refractivity contribution in [1.82, 2.24) is 14.8 Å². The molecule has 4 rings (SSSR count). The number of rotatable bonds is 5. The predicted molar refractivity (Wildman–Crippen MR) is 110 cm³/mol. The number of hydrogen-bond acceptors (Lipinski definition) is 6. The summed E-state index contributed by atoms with van der Waals surface area (Å²) in [5.41, 5.74) is 3.36. The number of aldehydes is 1. The van der Waals surface area contributed by atoms with Gasteiger partial charge in [0.2, 0.25) is 5.13 Å². The fourth-order valence-electron chi connectivity index (χ4n) is 2.66. The molecule has 0 unspecified atom stereocenters. The summed E-state index contributed by atoms with van der Waals surface area (Å²) in [4.78, 5) is 26.4. The molecule has 0 fully saturated rings. The minimum absolute atomic E-state index is 0.0287. The Hall–Kier alpha value is -3.17. The summed E-state index contributed by atoms with van der Waals surface area (Å²) < 4.78 is 2.51. The monoisotopic (exact) mass is 454 g/mol. The van der Waals surface area contributed by atoms with Gasteiger partial charge in [0.25, 0.3) is 5.69 Å². The number of nitro benzene ring substituents is 1. The maximum atomic E-state index is 11.5. The Labute approximate surface area is 171 Å². The van der Waals surface area contributed by atoms with Gasteiger partial charge in [0.15, 0.2) is 6.29 Å². The summed E-state index contributed by atoms with van der Waals surface area (Å²) in [6.07, 6.45) is 2.41. The molecular formula is C19H11BrN4O3S. The highest BCUT2D eigenvalue weighted by Crippen LogP contribution is 2.28. The number of nitro groups is 1. The van der Waals surface area contributed by atoms with E-state index in [0.29, 0.717) is 22.1 Å². The van der Waals surface area contributed by atoms with Crippen LogP contribution < -0.4 is 0 Å². The topological polar surface area (TPSA) is 90.9 Å². The van der Waals surface area contributed by atoms with Crippen LogP contribution in [0.4, 0.5) is 5.69 Å². The maximum absolute atomic E-state index is 11.5. The first kappa shape index (κ1) is 18.2. The number of benzene rings is 2. The van der Waals surface area contributed by atoms with Crippen LogP contribution in [0.5, 0.6) is 0 Å². The van der Waals surface area contributed by atoms with Gasteiger partial charge in [-0.2, -0.15) is 5.10 Å². The number of non-ortho nitro benzene ring substituents is 1. The van der Waals surface area contributed by atoms with Gasteiger partial charge < -0.3 is 0 Å². The molecule has 0 atom stereocenters. The van der Waals surface area contributed by atoms with Gasteiger partial charge in [0, 0.05) is 39.3 Å². The highest BCUT2D eigenvalue weighted by atomic mass is 79.9. The van der Waals surface area contributed by atoms with Gasteiger partial charge >= 0.3 is 0 Å². The van der Waals surface area contributed by atoms with Crippen LogP contribution >= 0.6 is 27.3 Å². The van der Waals surface area contributed by atoms with Crippen molar-refractivity contribution in [2.75, 3.05) is 0 Å². The largest absolute Gasteiger partial charge is 0.298 e. The van der Waals surface area contributed by atoms with Gasteiger partial charge in [0.1, 0.15) is 5.69 Å². The van der Waals surface area contributed by atoms with Gasteiger partial charge in [-0.25, -0.2) is 9.67 Å². The van der Waals surface area contributed by atoms with Crippen LogP contribution in [0.15, 0.2) is 64.6 Å². The molecule has 138 valence electrons. The molecule has 28 heavy (non-hydrogen) atoms. The number of halogens is 1. The van der Waals surface area contributed by atoms with Gasteiger partial charge in [-0.05, 0) is 24.3 Å². The number of aromatic nitrogens is 3. The maximum Gasteiger partial charge on any atom is 0.269 e. The molecule has 2 heterocycles. The highest BCUT2D eigenvalue weighted by molar-refractivity contribution is 9.10. The average molecular weight is 455 g/mol. The molecule has 2 aromatic heterocycles. The van der Waals surface area contributed by atoms with Crippen molar-refractivity contribution in [1.29, 1.82) is 0 Å². The number of nitrogens with zero attached hydrogens (tertiary/aromatic N) is 4. The average Bonchev–Trinajstić information content (AvgIpc) is 3.36. The van der Waals surface area contributed by atoms with E-state index in [4.69, 9.17) is 0 Å². The Morgan fingerprint density at radius 1 is 1.07 bits per heavy atom. The fraction of sp³-hybridized carbons (Fsp3) is 0. The standard InChI is InChI=1S/C19H11BrN4O3S/c20-15-5-1-13(2-6-15)18-14(10-25)9-23(22-18)19-21-17(11-28-19)12-3-7-16(8-4-12)24(26)27/h1-11H. The molecule has 0 spiro atoms. The molecule has 4 aromatic rings. The quantitative estimate of drug-likeness (QED) is 0.236. The third-order valence-electron chi connectivity index (χ3n) is 4.05. The second-order valence-corrected chi connectivity index (χ2v) is 7.57. The molecule has 0 saturated carbocycles. The normalized spacial score (nSPS) is 10.8. The summed E-state index contributed by atoms with van der Waals surface area (Å²) in [5.74, 6) is 0. The molecule has 7 nitrogen and oxygen atoms in total. The van der Waals surface area contributed by atoms with Gasteiger partial charge in [-0.15, -0.1) is 11.3 Å². The van der Waals surface area contributed by atoms with E-state index in [9.17, 15) is 14.9 Å². The van der Waals surface area contributed by atoms with E-state index >= 15 is 0 Å². The first-order chi connectivity index (χ1) is 13.5. The van der Waals surface area contributed by atoms with E-state index < -0.39 is 4.92 Å². The van der Waals surface area contributed by atoms with Crippen molar-refractivity contribution in [2.45, 2.75) is 0 Å². The summed E-state index contributed by atoms with van der Waals surface area (Å²) in [6.45, 7) is 0.